The topological polar surface area (TPSA) is 54.3 Å². The van der Waals surface area contributed by atoms with Gasteiger partial charge in [-0.25, -0.2) is 0 Å². The first-order valence-corrected chi connectivity index (χ1v) is 11.1. The highest BCUT2D eigenvalue weighted by Gasteiger charge is 2.21. The lowest BCUT2D eigenvalue weighted by atomic mass is 10.1. The van der Waals surface area contributed by atoms with Crippen LogP contribution < -0.4 is 5.32 Å². The van der Waals surface area contributed by atoms with Crippen molar-refractivity contribution in [2.24, 2.45) is 0 Å². The van der Waals surface area contributed by atoms with Crippen LogP contribution in [-0.4, -0.2) is 34.9 Å². The predicted molar refractivity (Wildman–Crippen MR) is 134 cm³/mol. The highest BCUT2D eigenvalue weighted by Crippen LogP contribution is 2.24. The van der Waals surface area contributed by atoms with Gasteiger partial charge in [-0.15, -0.1) is 0 Å². The van der Waals surface area contributed by atoms with Crippen LogP contribution in [0.3, 0.4) is 0 Å². The van der Waals surface area contributed by atoms with Gasteiger partial charge in [0.05, 0.1) is 6.54 Å². The Morgan fingerprint density at radius 3 is 2.21 bits per heavy atom. The number of carbonyl (C=O) groups excluding carboxylic acids is 2. The molecule has 0 aliphatic heterocycles. The minimum absolute atomic E-state index is 0.0293. The first-order valence-electron chi connectivity index (χ1n) is 11.1. The molecular formula is C28H29N3O2. The van der Waals surface area contributed by atoms with Gasteiger partial charge in [-0.3, -0.25) is 9.59 Å². The van der Waals surface area contributed by atoms with Crippen molar-refractivity contribution in [2.45, 2.75) is 27.3 Å². The Kier molecular flexibility index (Phi) is 6.31. The van der Waals surface area contributed by atoms with Gasteiger partial charge in [-0.1, -0.05) is 66.2 Å². The number of fused-ring (bicyclic) bond motifs is 1. The van der Waals surface area contributed by atoms with E-state index in [1.807, 2.05) is 98.1 Å². The smallest absolute Gasteiger partial charge is 0.270 e. The molecule has 1 heterocycles. The minimum Gasteiger partial charge on any atom is -0.332 e. The Morgan fingerprint density at radius 2 is 1.52 bits per heavy atom. The van der Waals surface area contributed by atoms with E-state index in [9.17, 15) is 9.59 Å². The van der Waals surface area contributed by atoms with E-state index in [0.717, 1.165) is 38.8 Å². The van der Waals surface area contributed by atoms with Crippen molar-refractivity contribution < 1.29 is 9.59 Å². The van der Waals surface area contributed by atoms with Crippen LogP contribution in [0.1, 0.15) is 32.7 Å². The summed E-state index contributed by atoms with van der Waals surface area (Å²) in [6.07, 6.45) is 0. The van der Waals surface area contributed by atoms with E-state index in [4.69, 9.17) is 0 Å². The Bertz CT molecular complexity index is 1300. The van der Waals surface area contributed by atoms with Crippen molar-refractivity contribution in [1.29, 1.82) is 0 Å². The van der Waals surface area contributed by atoms with E-state index >= 15 is 0 Å². The molecule has 168 valence electrons. The zero-order chi connectivity index (χ0) is 23.5. The van der Waals surface area contributed by atoms with Gasteiger partial charge in [-0.05, 0) is 49.6 Å². The standard InChI is InChI=1S/C28H29N3O2/c1-19-14-20(2)27(21(3)15-19)29-26(32)18-30(4)28(33)25-16-23-12-8-9-13-24(23)31(25)17-22-10-6-5-7-11-22/h5-16H,17-18H2,1-4H3,(H,29,32). The fourth-order valence-electron chi connectivity index (χ4n) is 4.36. The van der Waals surface area contributed by atoms with E-state index in [-0.39, 0.29) is 18.4 Å². The lowest BCUT2D eigenvalue weighted by Gasteiger charge is -2.20. The molecule has 0 saturated carbocycles. The summed E-state index contributed by atoms with van der Waals surface area (Å²) in [5.41, 5.74) is 6.66. The molecule has 0 aliphatic carbocycles. The highest BCUT2D eigenvalue weighted by atomic mass is 16.2. The fourth-order valence-corrected chi connectivity index (χ4v) is 4.36. The highest BCUT2D eigenvalue weighted by molar-refractivity contribution is 6.02. The molecule has 0 atom stereocenters. The molecule has 0 saturated heterocycles. The summed E-state index contributed by atoms with van der Waals surface area (Å²) in [5, 5.41) is 3.98. The third kappa shape index (κ3) is 4.82. The van der Waals surface area contributed by atoms with E-state index in [2.05, 4.69) is 5.32 Å². The molecule has 5 heteroatoms. The molecule has 0 radical (unpaired) electrons. The number of rotatable bonds is 6. The number of hydrogen-bond acceptors (Lipinski definition) is 2. The summed E-state index contributed by atoms with van der Waals surface area (Å²) >= 11 is 0. The largest absolute Gasteiger partial charge is 0.332 e. The number of para-hydroxylation sites is 1. The number of amides is 2. The zero-order valence-corrected chi connectivity index (χ0v) is 19.6. The summed E-state index contributed by atoms with van der Waals surface area (Å²) in [6.45, 7) is 6.54. The number of likely N-dealkylation sites (N-methyl/N-ethyl adjacent to an activating group) is 1. The molecule has 1 aromatic heterocycles. The molecule has 33 heavy (non-hydrogen) atoms. The Balaban J connectivity index is 1.57. The van der Waals surface area contributed by atoms with Crippen molar-refractivity contribution in [1.82, 2.24) is 9.47 Å². The number of aromatic nitrogens is 1. The maximum absolute atomic E-state index is 13.4. The second kappa shape index (κ2) is 9.33. The van der Waals surface area contributed by atoms with E-state index < -0.39 is 0 Å². The SMILES string of the molecule is Cc1cc(C)c(NC(=O)CN(C)C(=O)c2cc3ccccc3n2Cc2ccccc2)c(C)c1. The summed E-state index contributed by atoms with van der Waals surface area (Å²) in [7, 11) is 1.67. The maximum Gasteiger partial charge on any atom is 0.270 e. The molecular weight excluding hydrogens is 410 g/mol. The van der Waals surface area contributed by atoms with Gasteiger partial charge in [0, 0.05) is 30.2 Å². The van der Waals surface area contributed by atoms with Crippen LogP contribution >= 0.6 is 0 Å². The summed E-state index contributed by atoms with van der Waals surface area (Å²) in [4.78, 5) is 27.7. The van der Waals surface area contributed by atoms with Gasteiger partial charge in [-0.2, -0.15) is 0 Å². The third-order valence-electron chi connectivity index (χ3n) is 5.88. The molecule has 0 fully saturated rings. The minimum atomic E-state index is -0.216. The van der Waals surface area contributed by atoms with Crippen molar-refractivity contribution in [3.8, 4) is 0 Å². The number of carbonyl (C=O) groups is 2. The van der Waals surface area contributed by atoms with Crippen LogP contribution in [0.5, 0.6) is 0 Å². The van der Waals surface area contributed by atoms with Crippen molar-refractivity contribution in [2.75, 3.05) is 18.9 Å². The normalized spacial score (nSPS) is 10.9. The second-order valence-corrected chi connectivity index (χ2v) is 8.64. The van der Waals surface area contributed by atoms with Crippen LogP contribution in [0.25, 0.3) is 10.9 Å². The second-order valence-electron chi connectivity index (χ2n) is 8.64. The Hall–Kier alpha value is -3.86. The van der Waals surface area contributed by atoms with Gasteiger partial charge in [0.2, 0.25) is 5.91 Å². The summed E-state index contributed by atoms with van der Waals surface area (Å²) in [6, 6.07) is 24.0. The zero-order valence-electron chi connectivity index (χ0n) is 19.6. The number of nitrogens with one attached hydrogen (secondary N) is 1. The van der Waals surface area contributed by atoms with Gasteiger partial charge in [0.1, 0.15) is 5.69 Å². The van der Waals surface area contributed by atoms with E-state index in [0.29, 0.717) is 12.2 Å². The van der Waals surface area contributed by atoms with Crippen LogP contribution in [0.2, 0.25) is 0 Å². The predicted octanol–water partition coefficient (Wildman–Crippen LogP) is 5.33. The van der Waals surface area contributed by atoms with Crippen LogP contribution in [0.4, 0.5) is 5.69 Å². The molecule has 0 spiro atoms. The van der Waals surface area contributed by atoms with Crippen LogP contribution in [-0.2, 0) is 11.3 Å². The quantitative estimate of drug-likeness (QED) is 0.442. The fraction of sp³-hybridized carbons (Fsp3) is 0.214. The number of aryl methyl sites for hydroxylation is 3. The molecule has 0 aliphatic rings. The summed E-state index contributed by atoms with van der Waals surface area (Å²) < 4.78 is 2.02. The van der Waals surface area contributed by atoms with Gasteiger partial charge < -0.3 is 14.8 Å². The van der Waals surface area contributed by atoms with Crippen molar-refractivity contribution >= 4 is 28.4 Å². The van der Waals surface area contributed by atoms with Crippen molar-refractivity contribution in [3.63, 3.8) is 0 Å². The Morgan fingerprint density at radius 1 is 0.879 bits per heavy atom. The molecule has 2 amide bonds. The van der Waals surface area contributed by atoms with E-state index in [1.54, 1.807) is 7.05 Å². The Labute approximate surface area is 194 Å². The van der Waals surface area contributed by atoms with Crippen LogP contribution in [0.15, 0.2) is 72.8 Å². The van der Waals surface area contributed by atoms with Gasteiger partial charge in [0.25, 0.3) is 5.91 Å². The van der Waals surface area contributed by atoms with Gasteiger partial charge in [0.15, 0.2) is 0 Å². The molecule has 3 aromatic carbocycles. The van der Waals surface area contributed by atoms with Gasteiger partial charge >= 0.3 is 0 Å². The number of hydrogen-bond donors (Lipinski definition) is 1. The number of benzene rings is 3. The molecule has 0 unspecified atom stereocenters. The number of nitrogens with zero attached hydrogens (tertiary/aromatic N) is 2. The average molecular weight is 440 g/mol. The number of anilines is 1. The molecule has 4 aromatic rings. The first-order chi connectivity index (χ1) is 15.8. The third-order valence-corrected chi connectivity index (χ3v) is 5.88. The summed E-state index contributed by atoms with van der Waals surface area (Å²) in [5.74, 6) is -0.402. The molecule has 1 N–H and O–H groups in total. The van der Waals surface area contributed by atoms with Crippen LogP contribution in [0, 0.1) is 20.8 Å². The lowest BCUT2D eigenvalue weighted by Crippen LogP contribution is -2.36. The maximum atomic E-state index is 13.4. The molecule has 4 rings (SSSR count). The first kappa shape index (κ1) is 22.3. The average Bonchev–Trinajstić information content (AvgIpc) is 3.14. The molecule has 5 nitrogen and oxygen atoms in total. The monoisotopic (exact) mass is 439 g/mol. The molecule has 0 bridgehead atoms. The van der Waals surface area contributed by atoms with E-state index in [1.165, 1.54) is 4.90 Å². The van der Waals surface area contributed by atoms with Crippen molar-refractivity contribution in [3.05, 3.63) is 101 Å². The lowest BCUT2D eigenvalue weighted by molar-refractivity contribution is -0.116.